The Hall–Kier alpha value is -2.37. The van der Waals surface area contributed by atoms with Gasteiger partial charge in [0, 0.05) is 25.6 Å². The molecule has 0 spiro atoms. The number of aryl methyl sites for hydroxylation is 1. The Labute approximate surface area is 186 Å². The van der Waals surface area contributed by atoms with Gasteiger partial charge in [0.1, 0.15) is 5.54 Å². The molecule has 0 atom stereocenters. The highest BCUT2D eigenvalue weighted by Crippen LogP contribution is 2.32. The van der Waals surface area contributed by atoms with Crippen molar-refractivity contribution in [2.45, 2.75) is 89.6 Å². The van der Waals surface area contributed by atoms with Crippen LogP contribution in [-0.2, 0) is 16.0 Å². The molecule has 31 heavy (non-hydrogen) atoms. The summed E-state index contributed by atoms with van der Waals surface area (Å²) < 4.78 is 0. The lowest BCUT2D eigenvalue weighted by molar-refractivity contribution is -0.135. The molecule has 1 aromatic carbocycles. The highest BCUT2D eigenvalue weighted by Gasteiger charge is 2.50. The van der Waals surface area contributed by atoms with Crippen LogP contribution in [0, 0.1) is 5.41 Å². The number of likely N-dealkylation sites (tertiary alicyclic amines) is 1. The summed E-state index contributed by atoms with van der Waals surface area (Å²) in [6.07, 6.45) is 8.39. The molecule has 6 heteroatoms. The number of unbranched alkanes of at least 4 members (excludes halogenated alkanes) is 2. The molecule has 2 saturated heterocycles. The van der Waals surface area contributed by atoms with E-state index in [-0.39, 0.29) is 23.8 Å². The maximum absolute atomic E-state index is 13.5. The molecule has 0 bridgehead atoms. The van der Waals surface area contributed by atoms with E-state index >= 15 is 0 Å². The lowest BCUT2D eigenvalue weighted by Gasteiger charge is -2.36. The Morgan fingerprint density at radius 3 is 2.29 bits per heavy atom. The standard InChI is InChI=1S/C25H38N4O2/c1-3-5-16-25(17-6-4-2)23(31)29(24(26)27-25)21-14-18-28(19-15-21)22(30)13-12-20-10-8-7-9-11-20/h7-11,21H,3-6,12-19H2,1-2H3,(H2,26,27). The van der Waals surface area contributed by atoms with E-state index in [2.05, 4.69) is 31.3 Å². The Kier molecular flexibility index (Phi) is 8.10. The van der Waals surface area contributed by atoms with E-state index in [9.17, 15) is 9.59 Å². The van der Waals surface area contributed by atoms with Crippen molar-refractivity contribution >= 4 is 17.8 Å². The number of carbonyl (C=O) groups excluding carboxylic acids is 2. The van der Waals surface area contributed by atoms with Gasteiger partial charge in [-0.15, -0.1) is 0 Å². The third kappa shape index (κ3) is 5.46. The number of nitrogens with one attached hydrogen (secondary N) is 2. The van der Waals surface area contributed by atoms with E-state index in [1.54, 1.807) is 4.90 Å². The Balaban J connectivity index is 1.56. The molecule has 2 aliphatic rings. The second-order valence-corrected chi connectivity index (χ2v) is 9.04. The van der Waals surface area contributed by atoms with Crippen LogP contribution in [0.5, 0.6) is 0 Å². The van der Waals surface area contributed by atoms with Gasteiger partial charge >= 0.3 is 0 Å². The highest BCUT2D eigenvalue weighted by molar-refractivity contribution is 6.08. The van der Waals surface area contributed by atoms with E-state index in [0.29, 0.717) is 19.5 Å². The predicted molar refractivity (Wildman–Crippen MR) is 124 cm³/mol. The Morgan fingerprint density at radius 2 is 1.71 bits per heavy atom. The lowest BCUT2D eigenvalue weighted by atomic mass is 9.86. The van der Waals surface area contributed by atoms with Gasteiger partial charge in [0.05, 0.1) is 0 Å². The smallest absolute Gasteiger partial charge is 0.255 e. The van der Waals surface area contributed by atoms with Crippen LogP contribution in [0.4, 0.5) is 0 Å². The molecule has 2 heterocycles. The zero-order valence-electron chi connectivity index (χ0n) is 19.2. The maximum atomic E-state index is 13.5. The zero-order valence-corrected chi connectivity index (χ0v) is 19.2. The quantitative estimate of drug-likeness (QED) is 0.591. The van der Waals surface area contributed by atoms with Gasteiger partial charge in [-0.05, 0) is 37.7 Å². The fourth-order valence-electron chi connectivity index (χ4n) is 4.87. The molecule has 0 saturated carbocycles. The molecule has 0 aromatic heterocycles. The molecule has 2 amide bonds. The summed E-state index contributed by atoms with van der Waals surface area (Å²) in [6, 6.07) is 10.1. The first-order chi connectivity index (χ1) is 15.0. The van der Waals surface area contributed by atoms with Crippen molar-refractivity contribution in [2.24, 2.45) is 0 Å². The molecule has 2 aliphatic heterocycles. The number of guanidine groups is 1. The van der Waals surface area contributed by atoms with E-state index < -0.39 is 5.54 Å². The van der Waals surface area contributed by atoms with E-state index in [1.165, 1.54) is 5.56 Å². The van der Waals surface area contributed by atoms with Crippen molar-refractivity contribution in [1.82, 2.24) is 15.1 Å². The molecular weight excluding hydrogens is 388 g/mol. The fourth-order valence-corrected chi connectivity index (χ4v) is 4.87. The highest BCUT2D eigenvalue weighted by atomic mass is 16.2. The fraction of sp³-hybridized carbons (Fsp3) is 0.640. The second kappa shape index (κ2) is 10.8. The second-order valence-electron chi connectivity index (χ2n) is 9.04. The summed E-state index contributed by atoms with van der Waals surface area (Å²) in [4.78, 5) is 29.8. The average Bonchev–Trinajstić information content (AvgIpc) is 3.05. The van der Waals surface area contributed by atoms with Crippen LogP contribution >= 0.6 is 0 Å². The number of nitrogens with zero attached hydrogens (tertiary/aromatic N) is 2. The van der Waals surface area contributed by atoms with Crippen molar-refractivity contribution in [2.75, 3.05) is 13.1 Å². The molecule has 3 rings (SSSR count). The third-order valence-corrected chi connectivity index (χ3v) is 6.79. The Bertz CT molecular complexity index is 748. The number of piperidine rings is 1. The first-order valence-electron chi connectivity index (χ1n) is 12.0. The van der Waals surface area contributed by atoms with E-state index in [1.807, 2.05) is 23.1 Å². The minimum absolute atomic E-state index is 0.0100. The number of benzene rings is 1. The summed E-state index contributed by atoms with van der Waals surface area (Å²) >= 11 is 0. The van der Waals surface area contributed by atoms with Crippen molar-refractivity contribution in [3.8, 4) is 0 Å². The van der Waals surface area contributed by atoms with Gasteiger partial charge in [0.25, 0.3) is 5.91 Å². The van der Waals surface area contributed by atoms with Crippen LogP contribution < -0.4 is 5.32 Å². The Morgan fingerprint density at radius 1 is 1.10 bits per heavy atom. The minimum atomic E-state index is -0.605. The van der Waals surface area contributed by atoms with Crippen molar-refractivity contribution in [1.29, 1.82) is 5.41 Å². The number of rotatable bonds is 10. The summed E-state index contributed by atoms with van der Waals surface area (Å²) in [7, 11) is 0. The average molecular weight is 427 g/mol. The van der Waals surface area contributed by atoms with Gasteiger partial charge in [-0.3, -0.25) is 19.9 Å². The number of hydrogen-bond acceptors (Lipinski definition) is 3. The molecular formula is C25H38N4O2. The maximum Gasteiger partial charge on any atom is 0.255 e. The summed E-state index contributed by atoms with van der Waals surface area (Å²) in [5, 5.41) is 11.8. The van der Waals surface area contributed by atoms with Crippen molar-refractivity contribution in [3.63, 3.8) is 0 Å². The third-order valence-electron chi connectivity index (χ3n) is 6.79. The van der Waals surface area contributed by atoms with Crippen molar-refractivity contribution in [3.05, 3.63) is 35.9 Å². The lowest BCUT2D eigenvalue weighted by Crippen LogP contribution is -2.51. The first kappa shape index (κ1) is 23.3. The molecule has 0 radical (unpaired) electrons. The van der Waals surface area contributed by atoms with E-state index in [4.69, 9.17) is 5.41 Å². The largest absolute Gasteiger partial charge is 0.343 e. The molecule has 0 unspecified atom stereocenters. The topological polar surface area (TPSA) is 76.5 Å². The van der Waals surface area contributed by atoms with Gasteiger partial charge in [0.2, 0.25) is 5.91 Å². The summed E-state index contributed by atoms with van der Waals surface area (Å²) in [6.45, 7) is 5.60. The first-order valence-corrected chi connectivity index (χ1v) is 12.0. The molecule has 1 aromatic rings. The number of carbonyl (C=O) groups is 2. The predicted octanol–water partition coefficient (Wildman–Crippen LogP) is 4.10. The van der Waals surface area contributed by atoms with Gasteiger partial charge < -0.3 is 10.2 Å². The number of hydrogen-bond donors (Lipinski definition) is 2. The SMILES string of the molecule is CCCCC1(CCCC)NC(=N)N(C2CCN(C(=O)CCc3ccccc3)CC2)C1=O. The van der Waals surface area contributed by atoms with Crippen LogP contribution in [0.15, 0.2) is 30.3 Å². The minimum Gasteiger partial charge on any atom is -0.343 e. The monoisotopic (exact) mass is 426 g/mol. The van der Waals surface area contributed by atoms with Crippen LogP contribution in [0.1, 0.15) is 77.2 Å². The summed E-state index contributed by atoms with van der Waals surface area (Å²) in [5.41, 5.74) is 0.578. The van der Waals surface area contributed by atoms with Gasteiger partial charge in [-0.25, -0.2) is 0 Å². The zero-order chi connectivity index (χ0) is 22.3. The van der Waals surface area contributed by atoms with Gasteiger partial charge in [0.15, 0.2) is 5.96 Å². The molecule has 2 N–H and O–H groups in total. The van der Waals surface area contributed by atoms with E-state index in [0.717, 1.165) is 57.8 Å². The van der Waals surface area contributed by atoms with Crippen LogP contribution in [0.25, 0.3) is 0 Å². The molecule has 0 aliphatic carbocycles. The summed E-state index contributed by atoms with van der Waals surface area (Å²) in [5.74, 6) is 0.516. The van der Waals surface area contributed by atoms with Gasteiger partial charge in [-0.2, -0.15) is 0 Å². The van der Waals surface area contributed by atoms with Crippen LogP contribution in [0.3, 0.4) is 0 Å². The molecule has 170 valence electrons. The van der Waals surface area contributed by atoms with Crippen LogP contribution in [-0.4, -0.2) is 52.2 Å². The van der Waals surface area contributed by atoms with Gasteiger partial charge in [-0.1, -0.05) is 69.9 Å². The molecule has 2 fully saturated rings. The molecule has 6 nitrogen and oxygen atoms in total. The van der Waals surface area contributed by atoms with Crippen molar-refractivity contribution < 1.29 is 9.59 Å². The normalized spacial score (nSPS) is 19.0. The number of amides is 2. The van der Waals surface area contributed by atoms with Crippen LogP contribution in [0.2, 0.25) is 0 Å².